The minimum absolute atomic E-state index is 0.274. The molecule has 0 bridgehead atoms. The molecule has 0 aromatic carbocycles. The van der Waals surface area contributed by atoms with Crippen molar-refractivity contribution in [3.8, 4) is 0 Å². The second-order valence-electron chi connectivity index (χ2n) is 5.90. The number of esters is 1. The molecule has 22 heavy (non-hydrogen) atoms. The molecule has 0 radical (unpaired) electrons. The number of amides is 1. The largest absolute Gasteiger partial charge is 0.464 e. The monoisotopic (exact) mass is 313 g/mol. The Hall–Kier alpha value is -1.26. The zero-order valence-electron chi connectivity index (χ0n) is 14.1. The number of hydrogen-bond acceptors (Lipinski definition) is 4. The summed E-state index contributed by atoms with van der Waals surface area (Å²) in [4.78, 5) is 25.9. The van der Waals surface area contributed by atoms with Crippen LogP contribution in [0.5, 0.6) is 0 Å². The molecule has 1 aliphatic rings. The van der Waals surface area contributed by atoms with Crippen LogP contribution in [0.2, 0.25) is 0 Å². The highest BCUT2D eigenvalue weighted by molar-refractivity contribution is 5.81. The molecule has 1 amide bonds. The molecule has 0 aromatic heterocycles. The third-order valence-corrected chi connectivity index (χ3v) is 3.98. The van der Waals surface area contributed by atoms with Gasteiger partial charge in [0.05, 0.1) is 13.2 Å². The van der Waals surface area contributed by atoms with Crippen molar-refractivity contribution in [2.75, 3.05) is 19.8 Å². The molecule has 1 atom stereocenters. The summed E-state index contributed by atoms with van der Waals surface area (Å²) in [6.45, 7) is 5.66. The fourth-order valence-corrected chi connectivity index (χ4v) is 2.58. The summed E-state index contributed by atoms with van der Waals surface area (Å²) in [5, 5.41) is 0. The molecule has 0 N–H and O–H groups in total. The standard InChI is InChI=1S/C17H31NO4/c1-3-5-7-10-14-21-16(19)15-11-8-9-12-18(15)17(20)22-13-6-4-2/h15H,3-14H2,1-2H3. The van der Waals surface area contributed by atoms with Crippen LogP contribution in [-0.4, -0.2) is 42.8 Å². The third kappa shape index (κ3) is 6.67. The lowest BCUT2D eigenvalue weighted by Gasteiger charge is -2.33. The third-order valence-electron chi connectivity index (χ3n) is 3.98. The summed E-state index contributed by atoms with van der Waals surface area (Å²) < 4.78 is 10.6. The van der Waals surface area contributed by atoms with Crippen LogP contribution in [0.3, 0.4) is 0 Å². The van der Waals surface area contributed by atoms with E-state index < -0.39 is 6.04 Å². The number of carbonyl (C=O) groups is 2. The molecule has 0 aliphatic carbocycles. The van der Waals surface area contributed by atoms with E-state index in [9.17, 15) is 9.59 Å². The van der Waals surface area contributed by atoms with E-state index in [0.717, 1.165) is 51.4 Å². The van der Waals surface area contributed by atoms with Crippen LogP contribution in [0.15, 0.2) is 0 Å². The number of hydrogen-bond donors (Lipinski definition) is 0. The SMILES string of the molecule is CCCCCCOC(=O)C1CCCCN1C(=O)OCCCC. The summed E-state index contributed by atoms with van der Waals surface area (Å²) >= 11 is 0. The Bertz CT molecular complexity index is 333. The van der Waals surface area contributed by atoms with Gasteiger partial charge in [-0.3, -0.25) is 4.90 Å². The lowest BCUT2D eigenvalue weighted by molar-refractivity contribution is -0.150. The smallest absolute Gasteiger partial charge is 0.410 e. The average Bonchev–Trinajstić information content (AvgIpc) is 2.54. The van der Waals surface area contributed by atoms with Gasteiger partial charge in [-0.25, -0.2) is 9.59 Å². The molecule has 0 spiro atoms. The summed E-state index contributed by atoms with van der Waals surface area (Å²) in [7, 11) is 0. The molecule has 1 saturated heterocycles. The maximum atomic E-state index is 12.2. The second-order valence-corrected chi connectivity index (χ2v) is 5.90. The van der Waals surface area contributed by atoms with Crippen molar-refractivity contribution in [3.63, 3.8) is 0 Å². The molecular formula is C17H31NO4. The number of ether oxygens (including phenoxy) is 2. The van der Waals surface area contributed by atoms with Gasteiger partial charge < -0.3 is 9.47 Å². The topological polar surface area (TPSA) is 55.8 Å². The van der Waals surface area contributed by atoms with Gasteiger partial charge in [-0.15, -0.1) is 0 Å². The fourth-order valence-electron chi connectivity index (χ4n) is 2.58. The summed E-state index contributed by atoms with van der Waals surface area (Å²) in [5.74, 6) is -0.274. The number of carbonyl (C=O) groups excluding carboxylic acids is 2. The van der Waals surface area contributed by atoms with Crippen LogP contribution in [0.1, 0.15) is 71.6 Å². The van der Waals surface area contributed by atoms with E-state index >= 15 is 0 Å². The van der Waals surface area contributed by atoms with Gasteiger partial charge in [-0.1, -0.05) is 39.5 Å². The number of rotatable bonds is 9. The van der Waals surface area contributed by atoms with E-state index in [1.54, 1.807) is 4.90 Å². The molecule has 1 unspecified atom stereocenters. The summed E-state index contributed by atoms with van der Waals surface area (Å²) in [6, 6.07) is -0.464. The molecule has 5 heteroatoms. The van der Waals surface area contributed by atoms with Crippen LogP contribution in [-0.2, 0) is 14.3 Å². The Morgan fingerprint density at radius 3 is 2.41 bits per heavy atom. The van der Waals surface area contributed by atoms with Crippen molar-refractivity contribution in [3.05, 3.63) is 0 Å². The predicted molar refractivity (Wildman–Crippen MR) is 85.7 cm³/mol. The highest BCUT2D eigenvalue weighted by Crippen LogP contribution is 2.19. The van der Waals surface area contributed by atoms with Gasteiger partial charge >= 0.3 is 12.1 Å². The molecule has 1 aliphatic heterocycles. The first-order chi connectivity index (χ1) is 10.7. The van der Waals surface area contributed by atoms with Crippen molar-refractivity contribution < 1.29 is 19.1 Å². The van der Waals surface area contributed by atoms with Crippen molar-refractivity contribution in [2.45, 2.75) is 77.7 Å². The zero-order valence-corrected chi connectivity index (χ0v) is 14.1. The van der Waals surface area contributed by atoms with Crippen LogP contribution in [0.25, 0.3) is 0 Å². The number of likely N-dealkylation sites (tertiary alicyclic amines) is 1. The van der Waals surface area contributed by atoms with Crippen molar-refractivity contribution >= 4 is 12.1 Å². The van der Waals surface area contributed by atoms with Gasteiger partial charge in [0.15, 0.2) is 0 Å². The van der Waals surface area contributed by atoms with E-state index in [4.69, 9.17) is 9.47 Å². The van der Waals surface area contributed by atoms with Crippen molar-refractivity contribution in [1.29, 1.82) is 0 Å². The molecule has 5 nitrogen and oxygen atoms in total. The summed E-state index contributed by atoms with van der Waals surface area (Å²) in [6.07, 6.45) is 8.31. The van der Waals surface area contributed by atoms with E-state index in [1.165, 1.54) is 0 Å². The lowest BCUT2D eigenvalue weighted by atomic mass is 10.0. The Balaban J connectivity index is 2.39. The molecule has 128 valence electrons. The van der Waals surface area contributed by atoms with Gasteiger partial charge in [0.1, 0.15) is 6.04 Å². The van der Waals surface area contributed by atoms with Gasteiger partial charge in [-0.05, 0) is 32.1 Å². The Labute approximate surface area is 134 Å². The van der Waals surface area contributed by atoms with Crippen LogP contribution < -0.4 is 0 Å². The second kappa shape index (κ2) is 11.3. The normalized spacial score (nSPS) is 18.1. The minimum atomic E-state index is -0.464. The first kappa shape index (κ1) is 18.8. The van der Waals surface area contributed by atoms with Crippen LogP contribution in [0.4, 0.5) is 4.79 Å². The Kier molecular flexibility index (Phi) is 9.67. The lowest BCUT2D eigenvalue weighted by Crippen LogP contribution is -2.49. The first-order valence-corrected chi connectivity index (χ1v) is 8.80. The predicted octanol–water partition coefficient (Wildman–Crippen LogP) is 3.90. The zero-order chi connectivity index (χ0) is 16.2. The molecular weight excluding hydrogens is 282 g/mol. The van der Waals surface area contributed by atoms with Crippen LogP contribution in [0, 0.1) is 0 Å². The molecule has 1 fully saturated rings. The van der Waals surface area contributed by atoms with Gasteiger partial charge in [0, 0.05) is 6.54 Å². The van der Waals surface area contributed by atoms with E-state index in [1.807, 2.05) is 6.92 Å². The molecule has 0 aromatic rings. The number of piperidine rings is 1. The molecule has 0 saturated carbocycles. The van der Waals surface area contributed by atoms with Crippen molar-refractivity contribution in [2.24, 2.45) is 0 Å². The van der Waals surface area contributed by atoms with E-state index in [0.29, 0.717) is 26.2 Å². The number of nitrogens with zero attached hydrogens (tertiary/aromatic N) is 1. The molecule has 1 heterocycles. The summed E-state index contributed by atoms with van der Waals surface area (Å²) in [5.41, 5.74) is 0. The average molecular weight is 313 g/mol. The minimum Gasteiger partial charge on any atom is -0.464 e. The van der Waals surface area contributed by atoms with Gasteiger partial charge in [0.2, 0.25) is 0 Å². The molecule has 1 rings (SSSR count). The number of unbranched alkanes of at least 4 members (excludes halogenated alkanes) is 4. The van der Waals surface area contributed by atoms with E-state index in [-0.39, 0.29) is 12.1 Å². The van der Waals surface area contributed by atoms with Gasteiger partial charge in [0.25, 0.3) is 0 Å². The highest BCUT2D eigenvalue weighted by Gasteiger charge is 2.34. The quantitative estimate of drug-likeness (QED) is 0.478. The van der Waals surface area contributed by atoms with Gasteiger partial charge in [-0.2, -0.15) is 0 Å². The fraction of sp³-hybridized carbons (Fsp3) is 0.882. The highest BCUT2D eigenvalue weighted by atomic mass is 16.6. The van der Waals surface area contributed by atoms with E-state index in [2.05, 4.69) is 6.92 Å². The van der Waals surface area contributed by atoms with Crippen molar-refractivity contribution in [1.82, 2.24) is 4.90 Å². The first-order valence-electron chi connectivity index (χ1n) is 8.80. The Morgan fingerprint density at radius 2 is 1.68 bits per heavy atom. The maximum Gasteiger partial charge on any atom is 0.410 e. The Morgan fingerprint density at radius 1 is 0.955 bits per heavy atom. The maximum absolute atomic E-state index is 12.2. The van der Waals surface area contributed by atoms with Crippen LogP contribution >= 0.6 is 0 Å².